The van der Waals surface area contributed by atoms with Gasteiger partial charge in [0.15, 0.2) is 5.11 Å². The Labute approximate surface area is 220 Å². The highest BCUT2D eigenvalue weighted by molar-refractivity contribution is 7.80. The lowest BCUT2D eigenvalue weighted by Gasteiger charge is -2.30. The molecule has 1 fully saturated rings. The summed E-state index contributed by atoms with van der Waals surface area (Å²) in [5, 5.41) is 4.02. The molecule has 0 amide bonds. The highest BCUT2D eigenvalue weighted by Gasteiger charge is 2.43. The van der Waals surface area contributed by atoms with Crippen LogP contribution in [0.25, 0.3) is 5.69 Å². The topological polar surface area (TPSA) is 77.9 Å². The van der Waals surface area contributed by atoms with Gasteiger partial charge in [0.25, 0.3) is 0 Å². The van der Waals surface area contributed by atoms with E-state index < -0.39 is 5.97 Å². The maximum atomic E-state index is 12.2. The lowest BCUT2D eigenvalue weighted by molar-refractivity contribution is 0.0600. The Morgan fingerprint density at radius 2 is 1.84 bits per heavy atom. The average Bonchev–Trinajstić information content (AvgIpc) is 3.57. The number of hydrogen-bond donors (Lipinski definition) is 1. The molecule has 0 spiro atoms. The number of methoxy groups -OCH3 is 3. The molecule has 4 aromatic rings. The van der Waals surface area contributed by atoms with Gasteiger partial charge in [-0.1, -0.05) is 12.1 Å². The minimum Gasteiger partial charge on any atom is -0.497 e. The number of aromatic nitrogens is 2. The Balaban J connectivity index is 1.67. The largest absolute Gasteiger partial charge is 0.497 e. The zero-order valence-electron chi connectivity index (χ0n) is 20.6. The Morgan fingerprint density at radius 1 is 0.973 bits per heavy atom. The van der Waals surface area contributed by atoms with Crippen LogP contribution in [0.15, 0.2) is 85.2 Å². The van der Waals surface area contributed by atoms with E-state index >= 15 is 0 Å². The van der Waals surface area contributed by atoms with E-state index in [9.17, 15) is 4.79 Å². The van der Waals surface area contributed by atoms with Crippen molar-refractivity contribution in [1.82, 2.24) is 14.9 Å². The Hall–Kier alpha value is -4.37. The van der Waals surface area contributed by atoms with Gasteiger partial charge in [0, 0.05) is 29.8 Å². The van der Waals surface area contributed by atoms with Crippen molar-refractivity contribution in [2.24, 2.45) is 0 Å². The van der Waals surface area contributed by atoms with Crippen LogP contribution in [-0.2, 0) is 4.74 Å². The number of carbonyl (C=O) groups is 1. The molecule has 5 rings (SSSR count). The maximum absolute atomic E-state index is 12.2. The minimum absolute atomic E-state index is 0.252. The van der Waals surface area contributed by atoms with E-state index in [1.54, 1.807) is 26.5 Å². The third kappa shape index (κ3) is 4.49. The Bertz CT molecular complexity index is 1440. The van der Waals surface area contributed by atoms with E-state index in [1.807, 2.05) is 82.4 Å². The normalized spacial score (nSPS) is 16.8. The molecule has 0 saturated carbocycles. The van der Waals surface area contributed by atoms with Crippen molar-refractivity contribution in [2.75, 3.05) is 26.2 Å². The first-order valence-electron chi connectivity index (χ1n) is 11.6. The summed E-state index contributed by atoms with van der Waals surface area (Å²) < 4.78 is 18.1. The first kappa shape index (κ1) is 24.3. The second-order valence-corrected chi connectivity index (χ2v) is 8.77. The summed E-state index contributed by atoms with van der Waals surface area (Å²) in [7, 11) is 4.61. The molecule has 2 atom stereocenters. The molecule has 1 N–H and O–H groups in total. The number of pyridine rings is 1. The fourth-order valence-corrected chi connectivity index (χ4v) is 5.01. The van der Waals surface area contributed by atoms with Gasteiger partial charge < -0.3 is 29.0 Å². The van der Waals surface area contributed by atoms with Crippen LogP contribution in [0.4, 0.5) is 5.69 Å². The fourth-order valence-electron chi connectivity index (χ4n) is 4.67. The molecule has 0 aliphatic carbocycles. The molecule has 188 valence electrons. The molecule has 1 saturated heterocycles. The summed E-state index contributed by atoms with van der Waals surface area (Å²) in [5.74, 6) is 0.913. The Morgan fingerprint density at radius 3 is 2.57 bits per heavy atom. The number of carbonyl (C=O) groups excluding carboxylic acids is 1. The van der Waals surface area contributed by atoms with E-state index in [0.29, 0.717) is 22.2 Å². The number of rotatable bonds is 7. The summed E-state index contributed by atoms with van der Waals surface area (Å²) in [6.45, 7) is 0. The molecule has 2 aromatic heterocycles. The van der Waals surface area contributed by atoms with Crippen molar-refractivity contribution < 1.29 is 19.0 Å². The molecule has 1 aliphatic heterocycles. The van der Waals surface area contributed by atoms with Crippen LogP contribution in [0.3, 0.4) is 0 Å². The van der Waals surface area contributed by atoms with Crippen LogP contribution in [0.5, 0.6) is 11.5 Å². The first-order valence-corrected chi connectivity index (χ1v) is 12.0. The molecule has 0 unspecified atom stereocenters. The fraction of sp³-hybridized carbons (Fsp3) is 0.179. The average molecular weight is 515 g/mol. The highest BCUT2D eigenvalue weighted by Crippen LogP contribution is 2.45. The number of esters is 1. The second-order valence-electron chi connectivity index (χ2n) is 8.38. The zero-order valence-corrected chi connectivity index (χ0v) is 21.4. The lowest BCUT2D eigenvalue weighted by atomic mass is 10.0. The third-order valence-corrected chi connectivity index (χ3v) is 6.69. The summed E-state index contributed by atoms with van der Waals surface area (Å²) in [6.07, 6.45) is 3.73. The molecule has 0 bridgehead atoms. The van der Waals surface area contributed by atoms with Crippen molar-refractivity contribution >= 4 is 29.0 Å². The molecule has 8 nitrogen and oxygen atoms in total. The van der Waals surface area contributed by atoms with E-state index in [2.05, 4.69) is 10.3 Å². The summed E-state index contributed by atoms with van der Waals surface area (Å²) in [6, 6.07) is 22.3. The van der Waals surface area contributed by atoms with Gasteiger partial charge in [0.2, 0.25) is 0 Å². The van der Waals surface area contributed by atoms with Gasteiger partial charge in [-0.25, -0.2) is 4.79 Å². The summed E-state index contributed by atoms with van der Waals surface area (Å²) >= 11 is 5.88. The molecule has 1 aliphatic rings. The zero-order chi connectivity index (χ0) is 25.9. The number of nitrogens with zero attached hydrogens (tertiary/aromatic N) is 3. The maximum Gasteiger partial charge on any atom is 0.337 e. The molecular weight excluding hydrogens is 488 g/mol. The standard InChI is InChI=1S/C28H26N4O4S/c1-34-20-12-13-22(24(17-20)35-2)32-26(25(30-28(32)37)21-10-4-5-14-29-21)23-11-7-15-31(23)19-9-6-8-18(16-19)27(33)36-3/h4-17,25-26H,1-3H3,(H,30,37)/t25-,26-/m0/s1. The highest BCUT2D eigenvalue weighted by atomic mass is 32.1. The molecular formula is C28H26N4O4S. The second kappa shape index (κ2) is 10.3. The SMILES string of the molecule is COC(=O)c1cccc(-n2cccc2[C@H]2[C@H](c3ccccn3)NC(=S)N2c2ccc(OC)cc2OC)c1. The van der Waals surface area contributed by atoms with Gasteiger partial charge in [-0.2, -0.15) is 0 Å². The van der Waals surface area contributed by atoms with E-state index in [-0.39, 0.29) is 12.1 Å². The van der Waals surface area contributed by atoms with Crippen molar-refractivity contribution in [2.45, 2.75) is 12.1 Å². The number of anilines is 1. The van der Waals surface area contributed by atoms with Gasteiger partial charge in [0.05, 0.1) is 44.3 Å². The number of ether oxygens (including phenoxy) is 3. The van der Waals surface area contributed by atoms with Crippen LogP contribution in [0.1, 0.15) is 33.8 Å². The van der Waals surface area contributed by atoms with Gasteiger partial charge in [-0.15, -0.1) is 0 Å². The van der Waals surface area contributed by atoms with Crippen molar-refractivity contribution in [3.05, 3.63) is 102 Å². The van der Waals surface area contributed by atoms with E-state index in [1.165, 1.54) is 7.11 Å². The quantitative estimate of drug-likeness (QED) is 0.277. The van der Waals surface area contributed by atoms with Crippen LogP contribution in [0, 0.1) is 0 Å². The predicted octanol–water partition coefficient (Wildman–Crippen LogP) is 4.85. The molecule has 2 aromatic carbocycles. The smallest absolute Gasteiger partial charge is 0.337 e. The molecule has 3 heterocycles. The lowest BCUT2D eigenvalue weighted by Crippen LogP contribution is -2.30. The van der Waals surface area contributed by atoms with E-state index in [4.69, 9.17) is 26.4 Å². The van der Waals surface area contributed by atoms with Crippen molar-refractivity contribution in [1.29, 1.82) is 0 Å². The third-order valence-electron chi connectivity index (χ3n) is 6.37. The number of hydrogen-bond acceptors (Lipinski definition) is 6. The summed E-state index contributed by atoms with van der Waals surface area (Å²) in [5.41, 5.74) is 3.88. The predicted molar refractivity (Wildman–Crippen MR) is 145 cm³/mol. The van der Waals surface area contributed by atoms with Crippen molar-refractivity contribution in [3.8, 4) is 17.2 Å². The monoisotopic (exact) mass is 514 g/mol. The molecule has 37 heavy (non-hydrogen) atoms. The van der Waals surface area contributed by atoms with Gasteiger partial charge in [0.1, 0.15) is 17.5 Å². The number of thiocarbonyl (C=S) groups is 1. The minimum atomic E-state index is -0.393. The van der Waals surface area contributed by atoms with Crippen LogP contribution in [0.2, 0.25) is 0 Å². The van der Waals surface area contributed by atoms with Crippen molar-refractivity contribution in [3.63, 3.8) is 0 Å². The summed E-state index contributed by atoms with van der Waals surface area (Å²) in [4.78, 5) is 18.9. The van der Waals surface area contributed by atoms with Gasteiger partial charge >= 0.3 is 5.97 Å². The number of benzene rings is 2. The van der Waals surface area contributed by atoms with E-state index in [0.717, 1.165) is 22.8 Å². The van der Waals surface area contributed by atoms with Crippen LogP contribution >= 0.6 is 12.2 Å². The molecule has 9 heteroatoms. The first-order chi connectivity index (χ1) is 18.0. The van der Waals surface area contributed by atoms with Crippen LogP contribution in [-0.4, -0.2) is 42.0 Å². The molecule has 0 radical (unpaired) electrons. The van der Waals surface area contributed by atoms with Gasteiger partial charge in [-0.3, -0.25) is 4.98 Å². The number of nitrogens with one attached hydrogen (secondary N) is 1. The van der Waals surface area contributed by atoms with Gasteiger partial charge in [-0.05, 0) is 66.8 Å². The Kier molecular flexibility index (Phi) is 6.78. The van der Waals surface area contributed by atoms with Crippen LogP contribution < -0.4 is 19.7 Å².